The molecule has 0 fully saturated rings. The molecule has 0 aliphatic rings. The van der Waals surface area contributed by atoms with Crippen molar-refractivity contribution in [3.63, 3.8) is 0 Å². The molecule has 6 rings (SSSR count). The molecular weight excluding hydrogens is 522 g/mol. The Morgan fingerprint density at radius 2 is 0.842 bits per heavy atom. The summed E-state index contributed by atoms with van der Waals surface area (Å²) in [6, 6.07) is 8.55. The van der Waals surface area contributed by atoms with E-state index in [-0.39, 0.29) is 46.5 Å². The Labute approximate surface area is 206 Å². The molecule has 4 aromatic heterocycles. The van der Waals surface area contributed by atoms with E-state index in [1.807, 2.05) is 0 Å². The van der Waals surface area contributed by atoms with Crippen molar-refractivity contribution < 1.29 is 44.0 Å². The molecule has 38 heavy (non-hydrogen) atoms. The maximum absolute atomic E-state index is 12.8. The summed E-state index contributed by atoms with van der Waals surface area (Å²) in [6.07, 6.45) is -6.36. The number of fused-ring (bicyclic) bond motifs is 1. The van der Waals surface area contributed by atoms with Crippen LogP contribution in [0.1, 0.15) is 11.1 Å². The van der Waals surface area contributed by atoms with E-state index in [2.05, 4.69) is 19.9 Å². The molecule has 0 atom stereocenters. The minimum Gasteiger partial charge on any atom is -0.431 e. The molecule has 0 radical (unpaired) electrons. The van der Waals surface area contributed by atoms with E-state index in [9.17, 15) is 26.3 Å². The van der Waals surface area contributed by atoms with Crippen molar-refractivity contribution in [3.05, 3.63) is 72.1 Å². The zero-order valence-electron chi connectivity index (χ0n) is 18.5. The fraction of sp³-hybridized carbons (Fsp3) is 0.0833. The molecule has 192 valence electrons. The number of rotatable bonds is 4. The van der Waals surface area contributed by atoms with Gasteiger partial charge in [0.1, 0.15) is 0 Å². The van der Waals surface area contributed by atoms with Gasteiger partial charge < -0.3 is 17.7 Å². The van der Waals surface area contributed by atoms with Crippen molar-refractivity contribution in [1.82, 2.24) is 19.9 Å². The van der Waals surface area contributed by atoms with Gasteiger partial charge in [-0.1, -0.05) is 0 Å². The van der Waals surface area contributed by atoms with Crippen LogP contribution in [0, 0.1) is 0 Å². The Balaban J connectivity index is 1.21. The zero-order chi connectivity index (χ0) is 26.7. The molecule has 14 heteroatoms. The highest BCUT2D eigenvalue weighted by molar-refractivity contribution is 5.69. The van der Waals surface area contributed by atoms with Gasteiger partial charge in [0, 0.05) is 11.1 Å². The largest absolute Gasteiger partial charge is 0.431 e. The van der Waals surface area contributed by atoms with Gasteiger partial charge in [-0.25, -0.2) is 9.97 Å². The average Bonchev–Trinajstić information content (AvgIpc) is 3.66. The molecule has 0 saturated heterocycles. The Morgan fingerprint density at radius 3 is 1.18 bits per heavy atom. The van der Waals surface area contributed by atoms with Gasteiger partial charge in [-0.15, -0.1) is 0 Å². The number of hydrogen-bond acceptors (Lipinski definition) is 8. The van der Waals surface area contributed by atoms with Crippen molar-refractivity contribution >= 4 is 11.4 Å². The van der Waals surface area contributed by atoms with E-state index in [4.69, 9.17) is 17.7 Å². The van der Waals surface area contributed by atoms with Crippen LogP contribution < -0.4 is 0 Å². The van der Waals surface area contributed by atoms with Crippen LogP contribution in [0.2, 0.25) is 0 Å². The van der Waals surface area contributed by atoms with Gasteiger partial charge in [0.05, 0.1) is 23.5 Å². The second kappa shape index (κ2) is 8.33. The van der Waals surface area contributed by atoms with Crippen LogP contribution in [-0.2, 0) is 12.4 Å². The molecule has 0 N–H and O–H groups in total. The van der Waals surface area contributed by atoms with E-state index in [0.717, 1.165) is 24.3 Å². The lowest BCUT2D eigenvalue weighted by atomic mass is 10.1. The second-order valence-corrected chi connectivity index (χ2v) is 7.86. The Hall–Kier alpha value is -4.88. The van der Waals surface area contributed by atoms with E-state index in [1.54, 1.807) is 0 Å². The fourth-order valence-electron chi connectivity index (χ4n) is 3.47. The van der Waals surface area contributed by atoms with Crippen LogP contribution in [-0.4, -0.2) is 19.9 Å². The summed E-state index contributed by atoms with van der Waals surface area (Å²) in [5, 5.41) is 0. The van der Waals surface area contributed by atoms with Crippen molar-refractivity contribution in [2.75, 3.05) is 0 Å². The number of hydrogen-bond donors (Lipinski definition) is 0. The van der Waals surface area contributed by atoms with Gasteiger partial charge in [0.25, 0.3) is 23.2 Å². The van der Waals surface area contributed by atoms with E-state index in [1.165, 1.54) is 36.7 Å². The first-order valence-electron chi connectivity index (χ1n) is 10.6. The molecule has 0 amide bonds. The highest BCUT2D eigenvalue weighted by atomic mass is 19.4. The van der Waals surface area contributed by atoms with Gasteiger partial charge in [-0.2, -0.15) is 36.3 Å². The Kier molecular flexibility index (Phi) is 5.15. The smallest absolute Gasteiger partial charge is 0.416 e. The molecule has 0 bridgehead atoms. The van der Waals surface area contributed by atoms with Crippen molar-refractivity contribution in [2.24, 2.45) is 0 Å². The lowest BCUT2D eigenvalue weighted by molar-refractivity contribution is -0.138. The minimum absolute atomic E-state index is 0.0186. The number of oxazole rings is 4. The summed E-state index contributed by atoms with van der Waals surface area (Å²) < 4.78 is 98.8. The maximum atomic E-state index is 12.8. The van der Waals surface area contributed by atoms with Crippen molar-refractivity contribution in [2.45, 2.75) is 12.4 Å². The van der Waals surface area contributed by atoms with Gasteiger partial charge >= 0.3 is 12.4 Å². The normalized spacial score (nSPS) is 12.5. The standard InChI is InChI=1S/C24H10F6N4O4/c25-23(26,27)13-5-1-11(2-6-13)17-31-9-15(35-17)19-33-21-22(37-19)34-20(38-21)16-10-32-18(36-16)12-3-7-14(8-4-12)24(28,29)30/h1-10H. The summed E-state index contributed by atoms with van der Waals surface area (Å²) in [6.45, 7) is 0. The van der Waals surface area contributed by atoms with Crippen molar-refractivity contribution in [1.29, 1.82) is 0 Å². The molecule has 0 aliphatic heterocycles. The van der Waals surface area contributed by atoms with Crippen LogP contribution >= 0.6 is 0 Å². The summed E-state index contributed by atoms with van der Waals surface area (Å²) in [5.74, 6) is 0.194. The van der Waals surface area contributed by atoms with Gasteiger partial charge in [0.15, 0.2) is 0 Å². The zero-order valence-corrected chi connectivity index (χ0v) is 18.5. The first kappa shape index (κ1) is 23.5. The average molecular weight is 532 g/mol. The topological polar surface area (TPSA) is 104 Å². The monoisotopic (exact) mass is 532 g/mol. The number of aromatic nitrogens is 4. The van der Waals surface area contributed by atoms with Gasteiger partial charge in [-0.3, -0.25) is 0 Å². The molecule has 0 unspecified atom stereocenters. The molecule has 0 spiro atoms. The molecular formula is C24H10F6N4O4. The summed E-state index contributed by atoms with van der Waals surface area (Å²) in [5.41, 5.74) is -1.02. The van der Waals surface area contributed by atoms with Crippen LogP contribution in [0.3, 0.4) is 0 Å². The number of nitrogens with zero attached hydrogens (tertiary/aromatic N) is 4. The molecule has 0 saturated carbocycles. The lowest BCUT2D eigenvalue weighted by Gasteiger charge is -2.05. The molecule has 0 aliphatic carbocycles. The van der Waals surface area contributed by atoms with Crippen LogP contribution in [0.5, 0.6) is 0 Å². The Morgan fingerprint density at radius 1 is 0.474 bits per heavy atom. The lowest BCUT2D eigenvalue weighted by Crippen LogP contribution is -2.03. The van der Waals surface area contributed by atoms with Gasteiger partial charge in [-0.05, 0) is 48.5 Å². The first-order valence-corrected chi connectivity index (χ1v) is 10.6. The third-order valence-corrected chi connectivity index (χ3v) is 5.33. The third kappa shape index (κ3) is 4.29. The number of halogens is 6. The molecule has 4 heterocycles. The van der Waals surface area contributed by atoms with E-state index < -0.39 is 23.5 Å². The summed E-state index contributed by atoms with van der Waals surface area (Å²) >= 11 is 0. The maximum Gasteiger partial charge on any atom is 0.416 e. The summed E-state index contributed by atoms with van der Waals surface area (Å²) in [4.78, 5) is 16.3. The van der Waals surface area contributed by atoms with Crippen molar-refractivity contribution in [3.8, 4) is 46.2 Å². The second-order valence-electron chi connectivity index (χ2n) is 7.86. The quantitative estimate of drug-likeness (QED) is 0.215. The third-order valence-electron chi connectivity index (χ3n) is 5.33. The fourth-order valence-corrected chi connectivity index (χ4v) is 3.47. The van der Waals surface area contributed by atoms with Crippen LogP contribution in [0.25, 0.3) is 57.6 Å². The van der Waals surface area contributed by atoms with Gasteiger partial charge in [0.2, 0.25) is 23.3 Å². The molecule has 2 aromatic carbocycles. The van der Waals surface area contributed by atoms with Crippen LogP contribution in [0.15, 0.2) is 78.6 Å². The van der Waals surface area contributed by atoms with E-state index >= 15 is 0 Å². The molecule has 8 nitrogen and oxygen atoms in total. The predicted octanol–water partition coefficient (Wildman–Crippen LogP) is 7.50. The Bertz CT molecular complexity index is 1580. The minimum atomic E-state index is -4.46. The highest BCUT2D eigenvalue weighted by Crippen LogP contribution is 2.35. The van der Waals surface area contributed by atoms with E-state index in [0.29, 0.717) is 11.1 Å². The summed E-state index contributed by atoms with van der Waals surface area (Å²) in [7, 11) is 0. The van der Waals surface area contributed by atoms with Crippen LogP contribution in [0.4, 0.5) is 26.3 Å². The predicted molar refractivity (Wildman–Crippen MR) is 116 cm³/mol. The number of alkyl halides is 6. The highest BCUT2D eigenvalue weighted by Gasteiger charge is 2.31. The molecule has 6 aromatic rings. The number of benzene rings is 2. The first-order chi connectivity index (χ1) is 18.0. The SMILES string of the molecule is FC(F)(F)c1ccc(-c2ncc(-c3nc4oc(-c5cnc(-c6ccc(C(F)(F)F)cc6)o5)nc4o3)o2)cc1.